The van der Waals surface area contributed by atoms with Gasteiger partial charge in [0.15, 0.2) is 11.5 Å². The van der Waals surface area contributed by atoms with Crippen LogP contribution in [0.3, 0.4) is 0 Å². The molecule has 0 aliphatic carbocycles. The maximum absolute atomic E-state index is 9.03. The van der Waals surface area contributed by atoms with E-state index in [1.165, 1.54) is 0 Å². The second kappa shape index (κ2) is 9.18. The number of hydrogen-bond donors (Lipinski definition) is 0. The summed E-state index contributed by atoms with van der Waals surface area (Å²) in [6.45, 7) is 4.49. The first-order valence-corrected chi connectivity index (χ1v) is 9.85. The van der Waals surface area contributed by atoms with E-state index in [0.29, 0.717) is 17.1 Å². The van der Waals surface area contributed by atoms with E-state index >= 15 is 0 Å². The number of halogens is 1. The summed E-state index contributed by atoms with van der Waals surface area (Å²) in [4.78, 5) is 4.74. The van der Waals surface area contributed by atoms with Crippen molar-refractivity contribution in [3.63, 3.8) is 0 Å². The van der Waals surface area contributed by atoms with Crippen LogP contribution in [-0.4, -0.2) is 52.4 Å². The SMILES string of the molecule is COc1ccc(CN2CCN(c3ccc(C#N)cc3Br)CC2)c(OC)c1OC. The fraction of sp³-hybridized carbons (Fsp3) is 0.381. The van der Waals surface area contributed by atoms with Gasteiger partial charge in [-0.05, 0) is 40.2 Å². The lowest BCUT2D eigenvalue weighted by Gasteiger charge is -2.36. The molecule has 28 heavy (non-hydrogen) atoms. The molecule has 0 radical (unpaired) electrons. The minimum Gasteiger partial charge on any atom is -0.493 e. The van der Waals surface area contributed by atoms with Crippen LogP contribution in [0.5, 0.6) is 17.2 Å². The zero-order valence-electron chi connectivity index (χ0n) is 16.4. The molecule has 0 unspecified atom stereocenters. The van der Waals surface area contributed by atoms with Crippen LogP contribution < -0.4 is 19.1 Å². The summed E-state index contributed by atoms with van der Waals surface area (Å²) in [5.41, 5.74) is 2.87. The fourth-order valence-corrected chi connectivity index (χ4v) is 4.14. The van der Waals surface area contributed by atoms with E-state index in [2.05, 4.69) is 31.8 Å². The zero-order chi connectivity index (χ0) is 20.1. The summed E-state index contributed by atoms with van der Waals surface area (Å²) in [5, 5.41) is 9.03. The van der Waals surface area contributed by atoms with Crippen LogP contribution in [-0.2, 0) is 6.54 Å². The Hall–Kier alpha value is -2.43. The van der Waals surface area contributed by atoms with Crippen molar-refractivity contribution in [1.29, 1.82) is 5.26 Å². The summed E-state index contributed by atoms with van der Waals surface area (Å²) in [7, 11) is 4.90. The average molecular weight is 446 g/mol. The minimum absolute atomic E-state index is 0.627. The number of methoxy groups -OCH3 is 3. The van der Waals surface area contributed by atoms with Crippen LogP contribution in [0.25, 0.3) is 0 Å². The van der Waals surface area contributed by atoms with Gasteiger partial charge in [-0.2, -0.15) is 5.26 Å². The van der Waals surface area contributed by atoms with Crippen molar-refractivity contribution in [2.24, 2.45) is 0 Å². The lowest BCUT2D eigenvalue weighted by molar-refractivity contribution is 0.243. The van der Waals surface area contributed by atoms with Crippen molar-refractivity contribution in [1.82, 2.24) is 4.90 Å². The van der Waals surface area contributed by atoms with Gasteiger partial charge in [0.25, 0.3) is 0 Å². The van der Waals surface area contributed by atoms with Crippen LogP contribution in [0.2, 0.25) is 0 Å². The molecule has 6 nitrogen and oxygen atoms in total. The van der Waals surface area contributed by atoms with Gasteiger partial charge in [-0.3, -0.25) is 4.90 Å². The monoisotopic (exact) mass is 445 g/mol. The molecular weight excluding hydrogens is 422 g/mol. The summed E-state index contributed by atoms with van der Waals surface area (Å²) in [6.07, 6.45) is 0. The van der Waals surface area contributed by atoms with Gasteiger partial charge in [0.1, 0.15) is 0 Å². The molecule has 1 aliphatic heterocycles. The van der Waals surface area contributed by atoms with E-state index in [0.717, 1.165) is 54.2 Å². The molecule has 148 valence electrons. The number of benzene rings is 2. The maximum Gasteiger partial charge on any atom is 0.203 e. The Morgan fingerprint density at radius 3 is 2.25 bits per heavy atom. The highest BCUT2D eigenvalue weighted by Crippen LogP contribution is 2.40. The van der Waals surface area contributed by atoms with Gasteiger partial charge in [0, 0.05) is 42.8 Å². The molecule has 2 aromatic carbocycles. The second-order valence-electron chi connectivity index (χ2n) is 6.53. The van der Waals surface area contributed by atoms with Gasteiger partial charge in [0.2, 0.25) is 5.75 Å². The highest BCUT2D eigenvalue weighted by atomic mass is 79.9. The topological polar surface area (TPSA) is 58.0 Å². The highest BCUT2D eigenvalue weighted by molar-refractivity contribution is 9.10. The second-order valence-corrected chi connectivity index (χ2v) is 7.39. The Balaban J connectivity index is 1.69. The molecule has 1 heterocycles. The first-order chi connectivity index (χ1) is 13.6. The fourth-order valence-electron chi connectivity index (χ4n) is 3.51. The molecule has 7 heteroatoms. The van der Waals surface area contributed by atoms with Gasteiger partial charge < -0.3 is 19.1 Å². The minimum atomic E-state index is 0.627. The Labute approximate surface area is 174 Å². The van der Waals surface area contributed by atoms with Crippen LogP contribution >= 0.6 is 15.9 Å². The number of nitriles is 1. The average Bonchev–Trinajstić information content (AvgIpc) is 2.73. The predicted octanol–water partition coefficient (Wildman–Crippen LogP) is 3.67. The molecule has 0 bridgehead atoms. The number of ether oxygens (including phenoxy) is 3. The van der Waals surface area contributed by atoms with E-state index in [-0.39, 0.29) is 0 Å². The van der Waals surface area contributed by atoms with E-state index in [1.54, 1.807) is 21.3 Å². The first kappa shape index (κ1) is 20.3. The van der Waals surface area contributed by atoms with Crippen LogP contribution in [0.15, 0.2) is 34.8 Å². The summed E-state index contributed by atoms with van der Waals surface area (Å²) in [6, 6.07) is 11.9. The number of rotatable bonds is 6. The smallest absolute Gasteiger partial charge is 0.203 e. The van der Waals surface area contributed by atoms with Crippen molar-refractivity contribution in [3.05, 3.63) is 45.9 Å². The predicted molar refractivity (Wildman–Crippen MR) is 112 cm³/mol. The molecule has 2 aromatic rings. The van der Waals surface area contributed by atoms with Crippen molar-refractivity contribution in [3.8, 4) is 23.3 Å². The number of hydrogen-bond acceptors (Lipinski definition) is 6. The Morgan fingerprint density at radius 1 is 0.964 bits per heavy atom. The van der Waals surface area contributed by atoms with E-state index in [9.17, 15) is 0 Å². The molecule has 1 fully saturated rings. The lowest BCUT2D eigenvalue weighted by atomic mass is 10.1. The maximum atomic E-state index is 9.03. The highest BCUT2D eigenvalue weighted by Gasteiger charge is 2.22. The third-order valence-electron chi connectivity index (χ3n) is 4.97. The molecule has 0 amide bonds. The summed E-state index contributed by atoms with van der Waals surface area (Å²) < 4.78 is 17.4. The molecule has 3 rings (SSSR count). The molecule has 0 atom stereocenters. The molecule has 1 saturated heterocycles. The lowest BCUT2D eigenvalue weighted by Crippen LogP contribution is -2.46. The molecular formula is C21H24BrN3O3. The van der Waals surface area contributed by atoms with Crippen LogP contribution in [0.1, 0.15) is 11.1 Å². The molecule has 0 spiro atoms. The number of anilines is 1. The van der Waals surface area contributed by atoms with Gasteiger partial charge in [-0.25, -0.2) is 0 Å². The largest absolute Gasteiger partial charge is 0.493 e. The third kappa shape index (κ3) is 4.18. The van der Waals surface area contributed by atoms with Gasteiger partial charge in [0.05, 0.1) is 38.6 Å². The van der Waals surface area contributed by atoms with E-state index in [1.807, 2.05) is 30.3 Å². The van der Waals surface area contributed by atoms with Gasteiger partial charge in [-0.15, -0.1) is 0 Å². The van der Waals surface area contributed by atoms with Crippen molar-refractivity contribution < 1.29 is 14.2 Å². The van der Waals surface area contributed by atoms with Crippen molar-refractivity contribution >= 4 is 21.6 Å². The Kier molecular flexibility index (Phi) is 6.65. The van der Waals surface area contributed by atoms with E-state index < -0.39 is 0 Å². The summed E-state index contributed by atoms with van der Waals surface area (Å²) in [5.74, 6) is 2.01. The zero-order valence-corrected chi connectivity index (χ0v) is 18.0. The number of piperazine rings is 1. The molecule has 0 saturated carbocycles. The Morgan fingerprint density at radius 2 is 1.68 bits per heavy atom. The quantitative estimate of drug-likeness (QED) is 0.675. The van der Waals surface area contributed by atoms with Crippen LogP contribution in [0, 0.1) is 11.3 Å². The molecule has 0 aromatic heterocycles. The number of nitrogens with zero attached hydrogens (tertiary/aromatic N) is 3. The van der Waals surface area contributed by atoms with Gasteiger partial charge >= 0.3 is 0 Å². The standard InChI is InChI=1S/C21H24BrN3O3/c1-26-19-7-5-16(20(27-2)21(19)28-3)14-24-8-10-25(11-9-24)18-6-4-15(13-23)12-17(18)22/h4-7,12H,8-11,14H2,1-3H3. The molecule has 0 N–H and O–H groups in total. The van der Waals surface area contributed by atoms with E-state index in [4.69, 9.17) is 19.5 Å². The van der Waals surface area contributed by atoms with Crippen molar-refractivity contribution in [2.75, 3.05) is 52.4 Å². The molecule has 1 aliphatic rings. The Bertz CT molecular complexity index is 874. The summed E-state index contributed by atoms with van der Waals surface area (Å²) >= 11 is 3.59. The van der Waals surface area contributed by atoms with Crippen LogP contribution in [0.4, 0.5) is 5.69 Å². The third-order valence-corrected chi connectivity index (χ3v) is 5.60. The first-order valence-electron chi connectivity index (χ1n) is 9.06. The van der Waals surface area contributed by atoms with Gasteiger partial charge in [-0.1, -0.05) is 6.07 Å². The normalized spacial score (nSPS) is 14.5. The van der Waals surface area contributed by atoms with Crippen molar-refractivity contribution in [2.45, 2.75) is 6.54 Å².